The quantitative estimate of drug-likeness (QED) is 0.446. The summed E-state index contributed by atoms with van der Waals surface area (Å²) in [7, 11) is -2.30. The highest BCUT2D eigenvalue weighted by Crippen LogP contribution is 2.30. The Morgan fingerprint density at radius 1 is 1.14 bits per heavy atom. The number of amides is 1. The summed E-state index contributed by atoms with van der Waals surface area (Å²) in [6.45, 7) is -0.116. The number of hydrogen-bond donors (Lipinski definition) is 3. The molecule has 1 saturated heterocycles. The van der Waals surface area contributed by atoms with Crippen molar-refractivity contribution in [2.75, 3.05) is 18.4 Å². The maximum absolute atomic E-state index is 13.1. The number of imidazole rings is 1. The number of piperidine rings is 1. The second-order valence-electron chi connectivity index (χ2n) is 8.31. The number of primary amides is 1. The van der Waals surface area contributed by atoms with Gasteiger partial charge in [-0.3, -0.25) is 4.79 Å². The topological polar surface area (TPSA) is 143 Å². The van der Waals surface area contributed by atoms with Gasteiger partial charge in [-0.25, -0.2) is 18.4 Å². The third-order valence-electron chi connectivity index (χ3n) is 5.97. The molecule has 10 nitrogen and oxygen atoms in total. The second kappa shape index (κ2) is 9.52. The number of hydrogen-bond acceptors (Lipinski definition) is 7. The Bertz CT molecular complexity index is 1360. The highest BCUT2D eigenvalue weighted by molar-refractivity contribution is 7.89. The van der Waals surface area contributed by atoms with Crippen molar-refractivity contribution in [2.24, 2.45) is 12.8 Å². The van der Waals surface area contributed by atoms with Crippen LogP contribution in [0.2, 0.25) is 0 Å². The van der Waals surface area contributed by atoms with Gasteiger partial charge < -0.3 is 20.7 Å². The Morgan fingerprint density at radius 3 is 2.36 bits per heavy atom. The number of nitrogens with two attached hydrogens (primary N) is 1. The van der Waals surface area contributed by atoms with Gasteiger partial charge in [-0.2, -0.15) is 17.5 Å². The fourth-order valence-electron chi connectivity index (χ4n) is 3.98. The van der Waals surface area contributed by atoms with Gasteiger partial charge in [-0.05, 0) is 36.2 Å². The molecule has 0 unspecified atom stereocenters. The summed E-state index contributed by atoms with van der Waals surface area (Å²) < 4.78 is 67.0. The van der Waals surface area contributed by atoms with E-state index in [-0.39, 0.29) is 36.0 Å². The third kappa shape index (κ3) is 5.05. The fourth-order valence-corrected chi connectivity index (χ4v) is 5.45. The lowest BCUT2D eigenvalue weighted by molar-refractivity contribution is -0.137. The molecule has 1 fully saturated rings. The molecule has 2 aromatic heterocycles. The standard InChI is InChI=1S/C22H23F3N6O4S/c1-30-17(11-28-21(30)20(26)33)13-2-5-15(6-3-13)36(34,35)31-9-8-16(18(32)12-31)29-19-7-4-14(10-27-19)22(23,24)25/h2-7,10-11,16,18,32H,8-9,12H2,1H3,(H2,26,33)(H,27,29)/t16-,18+/m1/s1. The molecule has 2 atom stereocenters. The lowest BCUT2D eigenvalue weighted by Crippen LogP contribution is -2.51. The first kappa shape index (κ1) is 25.6. The third-order valence-corrected chi connectivity index (χ3v) is 7.84. The summed E-state index contributed by atoms with van der Waals surface area (Å²) in [4.78, 5) is 19.1. The number of rotatable bonds is 6. The van der Waals surface area contributed by atoms with Crippen molar-refractivity contribution in [1.82, 2.24) is 18.8 Å². The van der Waals surface area contributed by atoms with Gasteiger partial charge in [0, 0.05) is 26.3 Å². The maximum Gasteiger partial charge on any atom is 0.417 e. The van der Waals surface area contributed by atoms with Gasteiger partial charge >= 0.3 is 6.18 Å². The highest BCUT2D eigenvalue weighted by Gasteiger charge is 2.35. The number of nitrogens with one attached hydrogen (secondary N) is 1. The number of alkyl halides is 3. The van der Waals surface area contributed by atoms with Gasteiger partial charge in [0.05, 0.1) is 34.5 Å². The molecule has 4 rings (SSSR count). The summed E-state index contributed by atoms with van der Waals surface area (Å²) in [5, 5.41) is 13.4. The van der Waals surface area contributed by atoms with Crippen LogP contribution in [0, 0.1) is 0 Å². The first-order chi connectivity index (χ1) is 16.9. The lowest BCUT2D eigenvalue weighted by Gasteiger charge is -2.35. The van der Waals surface area contributed by atoms with Crippen LogP contribution in [0.5, 0.6) is 0 Å². The second-order valence-corrected chi connectivity index (χ2v) is 10.3. The summed E-state index contributed by atoms with van der Waals surface area (Å²) >= 11 is 0. The molecule has 1 amide bonds. The number of aliphatic hydroxyl groups excluding tert-OH is 1. The van der Waals surface area contributed by atoms with Crippen LogP contribution in [-0.4, -0.2) is 63.5 Å². The molecule has 0 radical (unpaired) electrons. The van der Waals surface area contributed by atoms with Gasteiger partial charge in [0.25, 0.3) is 5.91 Å². The van der Waals surface area contributed by atoms with Crippen LogP contribution in [0.3, 0.4) is 0 Å². The molecule has 192 valence electrons. The van der Waals surface area contributed by atoms with E-state index in [2.05, 4.69) is 15.3 Å². The zero-order valence-electron chi connectivity index (χ0n) is 19.0. The molecular weight excluding hydrogens is 501 g/mol. The van der Waals surface area contributed by atoms with Crippen molar-refractivity contribution in [1.29, 1.82) is 0 Å². The predicted molar refractivity (Wildman–Crippen MR) is 123 cm³/mol. The van der Waals surface area contributed by atoms with Gasteiger partial charge in [0.2, 0.25) is 10.0 Å². The number of aliphatic hydroxyl groups is 1. The molecule has 3 aromatic rings. The average molecular weight is 525 g/mol. The molecule has 1 aliphatic rings. The maximum atomic E-state index is 13.1. The van der Waals surface area contributed by atoms with Crippen LogP contribution < -0.4 is 11.1 Å². The number of β-amino-alcohol motifs (C(OH)–C–C–N with tert-alkyl or cyclic N) is 1. The van der Waals surface area contributed by atoms with E-state index in [4.69, 9.17) is 5.73 Å². The van der Waals surface area contributed by atoms with Crippen LogP contribution in [0.1, 0.15) is 22.6 Å². The van der Waals surface area contributed by atoms with Gasteiger partial charge in [-0.15, -0.1) is 0 Å². The number of sulfonamides is 1. The minimum absolute atomic E-state index is 0.0200. The van der Waals surface area contributed by atoms with Crippen LogP contribution in [0.25, 0.3) is 11.3 Å². The number of carbonyl (C=O) groups excluding carboxylic acids is 1. The normalized spacial score (nSPS) is 19.2. The minimum Gasteiger partial charge on any atom is -0.390 e. The van der Waals surface area contributed by atoms with Crippen molar-refractivity contribution >= 4 is 21.7 Å². The molecule has 3 heterocycles. The van der Waals surface area contributed by atoms with Crippen LogP contribution in [0.4, 0.5) is 19.0 Å². The SMILES string of the molecule is Cn1c(-c2ccc(S(=O)(=O)N3CC[C@@H](Nc4ccc(C(F)(F)F)cn4)[C@@H](O)C3)cc2)cnc1C(N)=O. The number of anilines is 1. The predicted octanol–water partition coefficient (Wildman–Crippen LogP) is 1.84. The summed E-state index contributed by atoms with van der Waals surface area (Å²) in [5.74, 6) is -0.472. The zero-order chi connectivity index (χ0) is 26.3. The van der Waals surface area contributed by atoms with E-state index in [9.17, 15) is 31.5 Å². The van der Waals surface area contributed by atoms with Crippen molar-refractivity contribution < 1.29 is 31.5 Å². The molecule has 14 heteroatoms. The molecule has 36 heavy (non-hydrogen) atoms. The zero-order valence-corrected chi connectivity index (χ0v) is 19.8. The number of nitrogens with zero attached hydrogens (tertiary/aromatic N) is 4. The van der Waals surface area contributed by atoms with E-state index in [1.165, 1.54) is 22.9 Å². The van der Waals surface area contributed by atoms with E-state index in [1.54, 1.807) is 19.2 Å². The van der Waals surface area contributed by atoms with Crippen LogP contribution in [-0.2, 0) is 23.2 Å². The lowest BCUT2D eigenvalue weighted by atomic mass is 10.0. The largest absolute Gasteiger partial charge is 0.417 e. The monoisotopic (exact) mass is 524 g/mol. The first-order valence-corrected chi connectivity index (χ1v) is 12.2. The van der Waals surface area contributed by atoms with Crippen LogP contribution in [0.15, 0.2) is 53.7 Å². The van der Waals surface area contributed by atoms with E-state index in [0.717, 1.165) is 16.4 Å². The Balaban J connectivity index is 1.43. The van der Waals surface area contributed by atoms with E-state index < -0.39 is 39.8 Å². The number of carbonyl (C=O) groups is 1. The molecule has 1 aliphatic heterocycles. The summed E-state index contributed by atoms with van der Waals surface area (Å²) in [6, 6.07) is 7.45. The van der Waals surface area contributed by atoms with E-state index >= 15 is 0 Å². The molecule has 0 saturated carbocycles. The molecule has 0 aliphatic carbocycles. The number of benzene rings is 1. The summed E-state index contributed by atoms with van der Waals surface area (Å²) in [5.41, 5.74) is 5.59. The van der Waals surface area contributed by atoms with Gasteiger partial charge in [0.15, 0.2) is 5.82 Å². The van der Waals surface area contributed by atoms with E-state index in [1.807, 2.05) is 0 Å². The Labute approximate surface area is 204 Å². The first-order valence-electron chi connectivity index (χ1n) is 10.8. The fraction of sp³-hybridized carbons (Fsp3) is 0.318. The summed E-state index contributed by atoms with van der Waals surface area (Å²) in [6.07, 6.45) is -3.25. The average Bonchev–Trinajstić information content (AvgIpc) is 3.21. The molecule has 0 spiro atoms. The number of halogens is 3. The van der Waals surface area contributed by atoms with Gasteiger partial charge in [-0.1, -0.05) is 12.1 Å². The van der Waals surface area contributed by atoms with Crippen molar-refractivity contribution in [3.8, 4) is 11.3 Å². The molecular formula is C22H23F3N6O4S. The molecule has 1 aromatic carbocycles. The van der Waals surface area contributed by atoms with E-state index in [0.29, 0.717) is 17.5 Å². The van der Waals surface area contributed by atoms with Crippen molar-refractivity contribution in [3.63, 3.8) is 0 Å². The van der Waals surface area contributed by atoms with Gasteiger partial charge in [0.1, 0.15) is 5.82 Å². The molecule has 4 N–H and O–H groups in total. The number of pyridine rings is 1. The molecule has 0 bridgehead atoms. The van der Waals surface area contributed by atoms with Crippen molar-refractivity contribution in [3.05, 3.63) is 60.2 Å². The smallest absolute Gasteiger partial charge is 0.390 e. The number of aromatic nitrogens is 3. The Hall–Kier alpha value is -3.49. The minimum atomic E-state index is -4.51. The van der Waals surface area contributed by atoms with Crippen LogP contribution >= 0.6 is 0 Å². The Kier molecular flexibility index (Phi) is 6.77. The highest BCUT2D eigenvalue weighted by atomic mass is 32.2. The Morgan fingerprint density at radius 2 is 1.83 bits per heavy atom. The van der Waals surface area contributed by atoms with Crippen molar-refractivity contribution in [2.45, 2.75) is 29.6 Å².